The van der Waals surface area contributed by atoms with Crippen molar-refractivity contribution in [3.8, 4) is 5.75 Å². The van der Waals surface area contributed by atoms with Crippen LogP contribution in [-0.4, -0.2) is 17.8 Å². The van der Waals surface area contributed by atoms with Crippen molar-refractivity contribution >= 4 is 40.8 Å². The van der Waals surface area contributed by atoms with Gasteiger partial charge in [0.2, 0.25) is 0 Å². The molecule has 0 radical (unpaired) electrons. The number of aryl methyl sites for hydroxylation is 3. The number of rotatable bonds is 7. The van der Waals surface area contributed by atoms with Crippen LogP contribution < -0.4 is 15.0 Å². The van der Waals surface area contributed by atoms with Crippen LogP contribution in [0.2, 0.25) is 0 Å². The van der Waals surface area contributed by atoms with Gasteiger partial charge in [-0.15, -0.1) is 0 Å². The van der Waals surface area contributed by atoms with Crippen LogP contribution >= 0.6 is 11.6 Å². The molecule has 3 aromatic carbocycles. The Morgan fingerprint density at radius 1 is 0.943 bits per heavy atom. The molecule has 0 aromatic heterocycles. The molecule has 1 N–H and O–H groups in total. The molecule has 1 heterocycles. The van der Waals surface area contributed by atoms with Crippen molar-refractivity contribution in [2.24, 2.45) is 0 Å². The molecule has 0 unspecified atom stereocenters. The van der Waals surface area contributed by atoms with Gasteiger partial charge >= 0.3 is 5.97 Å². The van der Waals surface area contributed by atoms with Gasteiger partial charge in [-0.2, -0.15) is 0 Å². The van der Waals surface area contributed by atoms with Crippen molar-refractivity contribution in [3.63, 3.8) is 0 Å². The van der Waals surface area contributed by atoms with E-state index >= 15 is 0 Å². The number of imide groups is 1. The zero-order chi connectivity index (χ0) is 25.1. The largest absolute Gasteiger partial charge is 0.423 e. The minimum absolute atomic E-state index is 0.0147. The van der Waals surface area contributed by atoms with Gasteiger partial charge in [0.1, 0.15) is 16.5 Å². The summed E-state index contributed by atoms with van der Waals surface area (Å²) in [7, 11) is 0. The second-order valence-electron chi connectivity index (χ2n) is 8.41. The maximum absolute atomic E-state index is 13.0. The first-order chi connectivity index (χ1) is 16.8. The lowest BCUT2D eigenvalue weighted by molar-refractivity contribution is -0.120. The number of benzene rings is 3. The highest BCUT2D eigenvalue weighted by molar-refractivity contribution is 6.53. The van der Waals surface area contributed by atoms with Gasteiger partial charge in [-0.05, 0) is 73.9 Å². The number of amides is 2. The molecular formula is C28H25ClN2O4. The van der Waals surface area contributed by atoms with Gasteiger partial charge in [0, 0.05) is 5.69 Å². The maximum Gasteiger partial charge on any atom is 0.343 e. The zero-order valence-corrected chi connectivity index (χ0v) is 20.5. The molecule has 7 heteroatoms. The Bertz CT molecular complexity index is 1330. The lowest BCUT2D eigenvalue weighted by Gasteiger charge is -2.18. The zero-order valence-electron chi connectivity index (χ0n) is 19.7. The number of carbonyl (C=O) groups excluding carboxylic acids is 3. The monoisotopic (exact) mass is 488 g/mol. The highest BCUT2D eigenvalue weighted by Gasteiger charge is 2.39. The lowest BCUT2D eigenvalue weighted by Crippen LogP contribution is -2.32. The van der Waals surface area contributed by atoms with Crippen LogP contribution in [0.4, 0.5) is 11.4 Å². The second-order valence-corrected chi connectivity index (χ2v) is 8.79. The highest BCUT2D eigenvalue weighted by atomic mass is 35.5. The van der Waals surface area contributed by atoms with Crippen LogP contribution in [0.3, 0.4) is 0 Å². The summed E-state index contributed by atoms with van der Waals surface area (Å²) in [6.07, 6.45) is 2.02. The van der Waals surface area contributed by atoms with Gasteiger partial charge in [0.05, 0.1) is 11.3 Å². The molecule has 0 aliphatic carbocycles. The third-order valence-corrected chi connectivity index (χ3v) is 6.03. The summed E-state index contributed by atoms with van der Waals surface area (Å²) < 4.78 is 5.44. The van der Waals surface area contributed by atoms with Crippen LogP contribution in [0.25, 0.3) is 0 Å². The number of nitrogens with one attached hydrogen (secondary N) is 1. The molecule has 35 heavy (non-hydrogen) atoms. The molecule has 1 aliphatic rings. The van der Waals surface area contributed by atoms with E-state index in [-0.39, 0.29) is 10.7 Å². The average Bonchev–Trinajstić information content (AvgIpc) is 3.04. The van der Waals surface area contributed by atoms with E-state index in [4.69, 9.17) is 16.3 Å². The van der Waals surface area contributed by atoms with Crippen molar-refractivity contribution < 1.29 is 19.1 Å². The third kappa shape index (κ3) is 5.12. The summed E-state index contributed by atoms with van der Waals surface area (Å²) >= 11 is 6.24. The minimum atomic E-state index is -0.587. The van der Waals surface area contributed by atoms with E-state index in [0.717, 1.165) is 28.9 Å². The maximum atomic E-state index is 13.0. The topological polar surface area (TPSA) is 75.7 Å². The second kappa shape index (κ2) is 10.2. The summed E-state index contributed by atoms with van der Waals surface area (Å²) in [4.78, 5) is 39.4. The first-order valence-electron chi connectivity index (χ1n) is 11.3. The predicted octanol–water partition coefficient (Wildman–Crippen LogP) is 5.91. The molecule has 0 fully saturated rings. The fraction of sp³-hybridized carbons (Fsp3) is 0.179. The number of nitrogens with zero attached hydrogens (tertiary/aromatic N) is 1. The molecule has 4 rings (SSSR count). The quantitative estimate of drug-likeness (QED) is 0.254. The number of carbonyl (C=O) groups is 3. The van der Waals surface area contributed by atoms with Gasteiger partial charge < -0.3 is 10.1 Å². The van der Waals surface area contributed by atoms with Crippen LogP contribution in [-0.2, 0) is 16.0 Å². The number of esters is 1. The number of anilines is 2. The van der Waals surface area contributed by atoms with Crippen LogP contribution in [0.1, 0.15) is 40.4 Å². The number of ether oxygens (including phenoxy) is 1. The van der Waals surface area contributed by atoms with E-state index in [1.54, 1.807) is 42.5 Å². The Morgan fingerprint density at radius 3 is 2.26 bits per heavy atom. The molecule has 6 nitrogen and oxygen atoms in total. The first-order valence-corrected chi connectivity index (χ1v) is 11.7. The Labute approximate surface area is 209 Å². The first kappa shape index (κ1) is 24.2. The molecule has 0 atom stereocenters. The smallest absolute Gasteiger partial charge is 0.343 e. The van der Waals surface area contributed by atoms with E-state index in [2.05, 4.69) is 12.2 Å². The van der Waals surface area contributed by atoms with Gasteiger partial charge in [0.15, 0.2) is 0 Å². The van der Waals surface area contributed by atoms with E-state index in [0.29, 0.717) is 22.7 Å². The summed E-state index contributed by atoms with van der Waals surface area (Å²) in [6, 6.07) is 19.3. The SMILES string of the molecule is CCCc1ccc(OC(=O)c2ccc(NC3=C(Cl)C(=O)N(c4ccc(C)cc4C)C3=O)cc2)cc1. The van der Waals surface area contributed by atoms with Crippen molar-refractivity contribution in [1.29, 1.82) is 0 Å². The summed E-state index contributed by atoms with van der Waals surface area (Å²) in [5.74, 6) is -1.15. The normalized spacial score (nSPS) is 13.4. The van der Waals surface area contributed by atoms with Crippen LogP contribution in [0.5, 0.6) is 5.75 Å². The Morgan fingerprint density at radius 2 is 1.63 bits per heavy atom. The Balaban J connectivity index is 1.45. The van der Waals surface area contributed by atoms with Crippen molar-refractivity contribution in [2.45, 2.75) is 33.6 Å². The molecule has 0 spiro atoms. The predicted molar refractivity (Wildman–Crippen MR) is 137 cm³/mol. The Kier molecular flexibility index (Phi) is 7.03. The van der Waals surface area contributed by atoms with Gasteiger partial charge in [-0.25, -0.2) is 9.69 Å². The van der Waals surface area contributed by atoms with E-state index < -0.39 is 17.8 Å². The fourth-order valence-corrected chi connectivity index (χ4v) is 4.11. The minimum Gasteiger partial charge on any atom is -0.423 e. The van der Waals surface area contributed by atoms with Gasteiger partial charge in [-0.1, -0.05) is 54.8 Å². The molecule has 0 saturated carbocycles. The van der Waals surface area contributed by atoms with E-state index in [1.165, 1.54) is 5.56 Å². The number of hydrogen-bond donors (Lipinski definition) is 1. The summed E-state index contributed by atoms with van der Waals surface area (Å²) in [6.45, 7) is 5.88. The molecule has 1 aliphatic heterocycles. The van der Waals surface area contributed by atoms with Gasteiger partial charge in [0.25, 0.3) is 11.8 Å². The standard InChI is InChI=1S/C28H25ClN2O4/c1-4-5-19-7-13-22(14-8-19)35-28(34)20-9-11-21(12-10-20)30-25-24(29)26(32)31(27(25)33)23-15-6-17(2)16-18(23)3/h6-16,30H,4-5H2,1-3H3. The molecule has 0 saturated heterocycles. The fourth-order valence-electron chi connectivity index (χ4n) is 3.90. The van der Waals surface area contributed by atoms with E-state index in [1.807, 2.05) is 38.1 Å². The highest BCUT2D eigenvalue weighted by Crippen LogP contribution is 2.32. The molecule has 3 aromatic rings. The van der Waals surface area contributed by atoms with Crippen molar-refractivity contribution in [2.75, 3.05) is 10.2 Å². The summed E-state index contributed by atoms with van der Waals surface area (Å²) in [5, 5.41) is 2.73. The summed E-state index contributed by atoms with van der Waals surface area (Å²) in [5.41, 5.74) is 4.32. The molecule has 2 amide bonds. The van der Waals surface area contributed by atoms with Crippen LogP contribution in [0.15, 0.2) is 77.5 Å². The number of hydrogen-bond acceptors (Lipinski definition) is 5. The molecular weight excluding hydrogens is 464 g/mol. The van der Waals surface area contributed by atoms with Gasteiger partial charge in [-0.3, -0.25) is 9.59 Å². The molecule has 178 valence electrons. The van der Waals surface area contributed by atoms with E-state index in [9.17, 15) is 14.4 Å². The Hall–Kier alpha value is -3.90. The number of halogens is 1. The van der Waals surface area contributed by atoms with Crippen molar-refractivity contribution in [3.05, 3.63) is 99.7 Å². The lowest BCUT2D eigenvalue weighted by atomic mass is 10.1. The average molecular weight is 489 g/mol. The van der Waals surface area contributed by atoms with Crippen molar-refractivity contribution in [1.82, 2.24) is 0 Å². The third-order valence-electron chi connectivity index (χ3n) is 5.68. The molecule has 0 bridgehead atoms. The van der Waals surface area contributed by atoms with Crippen LogP contribution in [0, 0.1) is 13.8 Å².